The van der Waals surface area contributed by atoms with E-state index in [2.05, 4.69) is 28.5 Å². The third-order valence-electron chi connectivity index (χ3n) is 4.68. The predicted octanol–water partition coefficient (Wildman–Crippen LogP) is 4.79. The molecule has 6 nitrogen and oxygen atoms in total. The lowest BCUT2D eigenvalue weighted by Gasteiger charge is -2.11. The van der Waals surface area contributed by atoms with Gasteiger partial charge in [0.25, 0.3) is 0 Å². The summed E-state index contributed by atoms with van der Waals surface area (Å²) in [5, 5.41) is 12.2. The van der Waals surface area contributed by atoms with Gasteiger partial charge in [-0.15, -0.1) is 10.2 Å². The number of aryl methyl sites for hydroxylation is 3. The SMILES string of the molecule is CCc1ccccc1NC(=O)CSc1nnc(COc2cc(C)cc(C)c2)n1CC. The van der Waals surface area contributed by atoms with Crippen molar-refractivity contribution in [1.29, 1.82) is 0 Å². The lowest BCUT2D eigenvalue weighted by atomic mass is 10.1. The maximum absolute atomic E-state index is 12.4. The summed E-state index contributed by atoms with van der Waals surface area (Å²) in [7, 11) is 0. The van der Waals surface area contributed by atoms with E-state index in [-0.39, 0.29) is 11.7 Å². The third kappa shape index (κ3) is 5.63. The summed E-state index contributed by atoms with van der Waals surface area (Å²) in [6.45, 7) is 9.25. The molecule has 0 aliphatic carbocycles. The highest BCUT2D eigenvalue weighted by Crippen LogP contribution is 2.21. The van der Waals surface area contributed by atoms with Gasteiger partial charge < -0.3 is 14.6 Å². The number of benzene rings is 2. The number of carbonyl (C=O) groups excluding carboxylic acids is 1. The van der Waals surface area contributed by atoms with Crippen LogP contribution in [0.4, 0.5) is 5.69 Å². The molecule has 0 fully saturated rings. The number of nitrogens with one attached hydrogen (secondary N) is 1. The fraction of sp³-hybridized carbons (Fsp3) is 0.348. The van der Waals surface area contributed by atoms with Crippen LogP contribution in [0.3, 0.4) is 0 Å². The molecule has 0 saturated heterocycles. The van der Waals surface area contributed by atoms with E-state index in [1.807, 2.05) is 61.7 Å². The van der Waals surface area contributed by atoms with E-state index in [4.69, 9.17) is 4.74 Å². The van der Waals surface area contributed by atoms with E-state index < -0.39 is 0 Å². The molecule has 3 aromatic rings. The van der Waals surface area contributed by atoms with E-state index in [9.17, 15) is 4.79 Å². The molecule has 0 bridgehead atoms. The highest BCUT2D eigenvalue weighted by molar-refractivity contribution is 7.99. The first-order chi connectivity index (χ1) is 14.5. The molecule has 1 aromatic heterocycles. The first-order valence-corrected chi connectivity index (χ1v) is 11.1. The minimum atomic E-state index is -0.0559. The Bertz CT molecular complexity index is 996. The standard InChI is InChI=1S/C23H28N4O2S/c1-5-18-9-7-8-10-20(18)24-22(28)15-30-23-26-25-21(27(23)6-2)14-29-19-12-16(3)11-17(4)13-19/h7-13H,5-6,14-15H2,1-4H3,(H,24,28). The van der Waals surface area contributed by atoms with E-state index >= 15 is 0 Å². The molecule has 0 aliphatic heterocycles. The smallest absolute Gasteiger partial charge is 0.234 e. The van der Waals surface area contributed by atoms with Gasteiger partial charge in [0.15, 0.2) is 11.0 Å². The average Bonchev–Trinajstić information content (AvgIpc) is 3.12. The van der Waals surface area contributed by atoms with Crippen molar-refractivity contribution in [2.45, 2.75) is 52.4 Å². The van der Waals surface area contributed by atoms with Crippen LogP contribution in [0.5, 0.6) is 5.75 Å². The zero-order valence-electron chi connectivity index (χ0n) is 17.9. The summed E-state index contributed by atoms with van der Waals surface area (Å²) >= 11 is 1.38. The minimum Gasteiger partial charge on any atom is -0.486 e. The third-order valence-corrected chi connectivity index (χ3v) is 5.64. The molecule has 1 heterocycles. The van der Waals surface area contributed by atoms with Crippen LogP contribution in [0.2, 0.25) is 0 Å². The minimum absolute atomic E-state index is 0.0559. The number of nitrogens with zero attached hydrogens (tertiary/aromatic N) is 3. The number of para-hydroxylation sites is 1. The fourth-order valence-corrected chi connectivity index (χ4v) is 4.10. The molecule has 1 N–H and O–H groups in total. The number of aromatic nitrogens is 3. The molecular weight excluding hydrogens is 396 g/mol. The predicted molar refractivity (Wildman–Crippen MR) is 121 cm³/mol. The number of carbonyl (C=O) groups is 1. The van der Waals surface area contributed by atoms with Crippen molar-refractivity contribution in [2.24, 2.45) is 0 Å². The van der Waals surface area contributed by atoms with Crippen molar-refractivity contribution >= 4 is 23.4 Å². The summed E-state index contributed by atoms with van der Waals surface area (Å²) in [5.74, 6) is 1.78. The van der Waals surface area contributed by atoms with Gasteiger partial charge in [-0.2, -0.15) is 0 Å². The van der Waals surface area contributed by atoms with Gasteiger partial charge in [0.2, 0.25) is 5.91 Å². The number of thioether (sulfide) groups is 1. The van der Waals surface area contributed by atoms with Crippen LogP contribution >= 0.6 is 11.8 Å². The quantitative estimate of drug-likeness (QED) is 0.500. The molecule has 158 valence electrons. The number of hydrogen-bond donors (Lipinski definition) is 1. The molecule has 0 unspecified atom stereocenters. The van der Waals surface area contributed by atoms with Crippen molar-refractivity contribution in [2.75, 3.05) is 11.1 Å². The van der Waals surface area contributed by atoms with Gasteiger partial charge in [-0.3, -0.25) is 4.79 Å². The highest BCUT2D eigenvalue weighted by atomic mass is 32.2. The zero-order valence-corrected chi connectivity index (χ0v) is 18.8. The fourth-order valence-electron chi connectivity index (χ4n) is 3.28. The zero-order chi connectivity index (χ0) is 21.5. The largest absolute Gasteiger partial charge is 0.486 e. The normalized spacial score (nSPS) is 10.8. The first kappa shape index (κ1) is 21.9. The molecule has 0 aliphatic rings. The lowest BCUT2D eigenvalue weighted by Crippen LogP contribution is -2.16. The maximum atomic E-state index is 12.4. The van der Waals surface area contributed by atoms with Gasteiger partial charge in [-0.1, -0.05) is 43.0 Å². The van der Waals surface area contributed by atoms with Crippen molar-refractivity contribution in [1.82, 2.24) is 14.8 Å². The van der Waals surface area contributed by atoms with Crippen molar-refractivity contribution < 1.29 is 9.53 Å². The van der Waals surface area contributed by atoms with Crippen molar-refractivity contribution in [3.8, 4) is 5.75 Å². The molecular formula is C23H28N4O2S. The monoisotopic (exact) mass is 424 g/mol. The van der Waals surface area contributed by atoms with Gasteiger partial charge in [-0.25, -0.2) is 0 Å². The number of amides is 1. The Morgan fingerprint density at radius 3 is 2.53 bits per heavy atom. The van der Waals surface area contributed by atoms with Crippen LogP contribution in [-0.2, 0) is 24.4 Å². The highest BCUT2D eigenvalue weighted by Gasteiger charge is 2.14. The van der Waals surface area contributed by atoms with Crippen LogP contribution in [0.1, 0.15) is 36.4 Å². The van der Waals surface area contributed by atoms with Crippen LogP contribution in [-0.4, -0.2) is 26.4 Å². The maximum Gasteiger partial charge on any atom is 0.234 e. The van der Waals surface area contributed by atoms with Gasteiger partial charge in [0, 0.05) is 12.2 Å². The Labute approximate surface area is 182 Å². The summed E-state index contributed by atoms with van der Waals surface area (Å²) in [5.41, 5.74) is 4.31. The lowest BCUT2D eigenvalue weighted by molar-refractivity contribution is -0.113. The van der Waals surface area contributed by atoms with Gasteiger partial charge in [-0.05, 0) is 62.1 Å². The Morgan fingerprint density at radius 2 is 1.83 bits per heavy atom. The molecule has 0 spiro atoms. The first-order valence-electron chi connectivity index (χ1n) is 10.1. The molecule has 0 radical (unpaired) electrons. The molecule has 7 heteroatoms. The number of ether oxygens (including phenoxy) is 1. The van der Waals surface area contributed by atoms with Crippen LogP contribution in [0.25, 0.3) is 0 Å². The van der Waals surface area contributed by atoms with E-state index in [0.717, 1.165) is 45.5 Å². The second-order valence-corrected chi connectivity index (χ2v) is 8.05. The summed E-state index contributed by atoms with van der Waals surface area (Å²) in [6.07, 6.45) is 0.873. The Hall–Kier alpha value is -2.80. The second-order valence-electron chi connectivity index (χ2n) is 7.10. The topological polar surface area (TPSA) is 69.0 Å². The second kappa shape index (κ2) is 10.3. The molecule has 1 amide bonds. The molecule has 2 aromatic carbocycles. The Kier molecular flexibility index (Phi) is 7.52. The molecule has 0 atom stereocenters. The van der Waals surface area contributed by atoms with E-state index in [1.54, 1.807) is 0 Å². The van der Waals surface area contributed by atoms with Crippen molar-refractivity contribution in [3.63, 3.8) is 0 Å². The summed E-state index contributed by atoms with van der Waals surface area (Å²) < 4.78 is 7.91. The molecule has 3 rings (SSSR count). The van der Waals surface area contributed by atoms with E-state index in [1.165, 1.54) is 11.8 Å². The molecule has 0 saturated carbocycles. The summed E-state index contributed by atoms with van der Waals surface area (Å²) in [4.78, 5) is 12.4. The van der Waals surface area contributed by atoms with Crippen LogP contribution in [0.15, 0.2) is 47.6 Å². The van der Waals surface area contributed by atoms with Gasteiger partial charge >= 0.3 is 0 Å². The van der Waals surface area contributed by atoms with Gasteiger partial charge in [0.05, 0.1) is 5.75 Å². The number of anilines is 1. The number of rotatable bonds is 9. The van der Waals surface area contributed by atoms with Crippen LogP contribution in [0, 0.1) is 13.8 Å². The summed E-state index contributed by atoms with van der Waals surface area (Å²) in [6, 6.07) is 14.0. The number of hydrogen-bond acceptors (Lipinski definition) is 5. The molecule has 30 heavy (non-hydrogen) atoms. The van der Waals surface area contributed by atoms with E-state index in [0.29, 0.717) is 13.2 Å². The van der Waals surface area contributed by atoms with Crippen molar-refractivity contribution in [3.05, 3.63) is 65.0 Å². The van der Waals surface area contributed by atoms with Crippen LogP contribution < -0.4 is 10.1 Å². The van der Waals surface area contributed by atoms with Gasteiger partial charge in [0.1, 0.15) is 12.4 Å². The average molecular weight is 425 g/mol. The Balaban J connectivity index is 1.60. The Morgan fingerprint density at radius 1 is 1.10 bits per heavy atom.